The average molecular weight is 289 g/mol. The van der Waals surface area contributed by atoms with Crippen LogP contribution in [0, 0.1) is 0 Å². The van der Waals surface area contributed by atoms with Crippen molar-refractivity contribution in [1.29, 1.82) is 0 Å². The summed E-state index contributed by atoms with van der Waals surface area (Å²) in [7, 11) is 0. The molecule has 20 heavy (non-hydrogen) atoms. The average Bonchev–Trinajstić information content (AvgIpc) is 2.87. The van der Waals surface area contributed by atoms with Crippen LogP contribution in [-0.2, 0) is 6.42 Å². The van der Waals surface area contributed by atoms with Gasteiger partial charge in [0.25, 0.3) is 0 Å². The van der Waals surface area contributed by atoms with Gasteiger partial charge in [0.1, 0.15) is 10.0 Å². The van der Waals surface area contributed by atoms with Crippen LogP contribution >= 0.6 is 11.3 Å². The number of benzene rings is 1. The molecule has 0 saturated carbocycles. The Hall–Kier alpha value is -1.26. The van der Waals surface area contributed by atoms with E-state index >= 15 is 0 Å². The van der Waals surface area contributed by atoms with Crippen LogP contribution in [0.4, 0.5) is 0 Å². The second-order valence-corrected chi connectivity index (χ2v) is 6.70. The molecule has 0 radical (unpaired) electrons. The van der Waals surface area contributed by atoms with Crippen LogP contribution in [0.3, 0.4) is 0 Å². The van der Waals surface area contributed by atoms with Crippen molar-refractivity contribution in [2.75, 3.05) is 6.54 Å². The molecular formula is C16H23N3S. The Kier molecular flexibility index (Phi) is 5.26. The summed E-state index contributed by atoms with van der Waals surface area (Å²) in [4.78, 5) is 0. The summed E-state index contributed by atoms with van der Waals surface area (Å²) >= 11 is 1.69. The van der Waals surface area contributed by atoms with Crippen LogP contribution in [0.5, 0.6) is 0 Å². The maximum atomic E-state index is 4.30. The molecule has 0 amide bonds. The lowest BCUT2D eigenvalue weighted by Crippen LogP contribution is -2.24. The summed E-state index contributed by atoms with van der Waals surface area (Å²) in [6.07, 6.45) is 0.944. The monoisotopic (exact) mass is 289 g/mol. The highest BCUT2D eigenvalue weighted by Gasteiger charge is 2.07. The van der Waals surface area contributed by atoms with Gasteiger partial charge in [-0.3, -0.25) is 0 Å². The molecule has 4 heteroatoms. The molecule has 0 atom stereocenters. The third-order valence-corrected chi connectivity index (χ3v) is 4.21. The smallest absolute Gasteiger partial charge is 0.147 e. The zero-order chi connectivity index (χ0) is 14.5. The molecule has 1 aromatic carbocycles. The standard InChI is InChI=1S/C16H23N3S/c1-11(2)13-5-7-14(8-6-13)16-19-18-15(20-16)9-10-17-12(3)4/h5-8,11-12,17H,9-10H2,1-4H3. The van der Waals surface area contributed by atoms with Gasteiger partial charge in [0.2, 0.25) is 0 Å². The van der Waals surface area contributed by atoms with Gasteiger partial charge in [-0.05, 0) is 11.5 Å². The largest absolute Gasteiger partial charge is 0.314 e. The number of hydrogen-bond acceptors (Lipinski definition) is 4. The fourth-order valence-electron chi connectivity index (χ4n) is 1.95. The van der Waals surface area contributed by atoms with E-state index in [1.807, 2.05) is 0 Å². The van der Waals surface area contributed by atoms with Gasteiger partial charge >= 0.3 is 0 Å². The van der Waals surface area contributed by atoms with Crippen molar-refractivity contribution in [2.24, 2.45) is 0 Å². The first-order valence-electron chi connectivity index (χ1n) is 7.22. The maximum Gasteiger partial charge on any atom is 0.147 e. The van der Waals surface area contributed by atoms with Crippen LogP contribution in [0.25, 0.3) is 10.6 Å². The molecule has 0 unspecified atom stereocenters. The SMILES string of the molecule is CC(C)NCCc1nnc(-c2ccc(C(C)C)cc2)s1. The lowest BCUT2D eigenvalue weighted by Gasteiger charge is -2.05. The Labute approximate surface area is 125 Å². The molecule has 0 fully saturated rings. The molecule has 0 aliphatic rings. The second-order valence-electron chi connectivity index (χ2n) is 5.64. The zero-order valence-electron chi connectivity index (χ0n) is 12.7. The maximum absolute atomic E-state index is 4.30. The minimum Gasteiger partial charge on any atom is -0.314 e. The van der Waals surface area contributed by atoms with Crippen LogP contribution in [0.1, 0.15) is 44.2 Å². The summed E-state index contributed by atoms with van der Waals surface area (Å²) in [5.41, 5.74) is 2.52. The summed E-state index contributed by atoms with van der Waals surface area (Å²) in [6.45, 7) is 9.68. The summed E-state index contributed by atoms with van der Waals surface area (Å²) in [5, 5.41) is 14.1. The molecule has 1 aromatic heterocycles. The lowest BCUT2D eigenvalue weighted by molar-refractivity contribution is 0.588. The van der Waals surface area contributed by atoms with E-state index in [0.717, 1.165) is 28.5 Å². The first-order chi connectivity index (χ1) is 9.56. The van der Waals surface area contributed by atoms with Crippen molar-refractivity contribution >= 4 is 11.3 Å². The summed E-state index contributed by atoms with van der Waals surface area (Å²) < 4.78 is 0. The summed E-state index contributed by atoms with van der Waals surface area (Å²) in [5.74, 6) is 0.566. The highest BCUT2D eigenvalue weighted by molar-refractivity contribution is 7.14. The van der Waals surface area contributed by atoms with Crippen LogP contribution < -0.4 is 5.32 Å². The predicted octanol–water partition coefficient (Wildman–Crippen LogP) is 3.87. The van der Waals surface area contributed by atoms with Gasteiger partial charge < -0.3 is 5.32 Å². The number of nitrogens with one attached hydrogen (secondary N) is 1. The fraction of sp³-hybridized carbons (Fsp3) is 0.500. The van der Waals surface area contributed by atoms with E-state index in [0.29, 0.717) is 12.0 Å². The van der Waals surface area contributed by atoms with Crippen molar-refractivity contribution in [3.05, 3.63) is 34.8 Å². The third kappa shape index (κ3) is 4.12. The van der Waals surface area contributed by atoms with E-state index in [-0.39, 0.29) is 0 Å². The molecule has 0 spiro atoms. The first-order valence-corrected chi connectivity index (χ1v) is 8.04. The number of aromatic nitrogens is 2. The Morgan fingerprint density at radius 3 is 2.35 bits per heavy atom. The highest BCUT2D eigenvalue weighted by Crippen LogP contribution is 2.25. The Morgan fingerprint density at radius 1 is 1.05 bits per heavy atom. The van der Waals surface area contributed by atoms with Gasteiger partial charge in [-0.25, -0.2) is 0 Å². The second kappa shape index (κ2) is 6.95. The van der Waals surface area contributed by atoms with Crippen LogP contribution in [0.15, 0.2) is 24.3 Å². The van der Waals surface area contributed by atoms with Crippen LogP contribution in [-0.4, -0.2) is 22.8 Å². The van der Waals surface area contributed by atoms with Gasteiger partial charge in [0.05, 0.1) is 0 Å². The quantitative estimate of drug-likeness (QED) is 0.877. The van der Waals surface area contributed by atoms with Crippen molar-refractivity contribution in [2.45, 2.75) is 46.1 Å². The molecule has 1 heterocycles. The zero-order valence-corrected chi connectivity index (χ0v) is 13.5. The topological polar surface area (TPSA) is 37.8 Å². The lowest BCUT2D eigenvalue weighted by atomic mass is 10.0. The minimum atomic E-state index is 0.519. The van der Waals surface area contributed by atoms with Crippen molar-refractivity contribution in [3.8, 4) is 10.6 Å². The highest BCUT2D eigenvalue weighted by atomic mass is 32.1. The van der Waals surface area contributed by atoms with E-state index in [2.05, 4.69) is 67.5 Å². The third-order valence-electron chi connectivity index (χ3n) is 3.18. The number of nitrogens with zero attached hydrogens (tertiary/aromatic N) is 2. The molecule has 0 aliphatic heterocycles. The van der Waals surface area contributed by atoms with Crippen LogP contribution in [0.2, 0.25) is 0 Å². The van der Waals surface area contributed by atoms with Gasteiger partial charge in [-0.1, -0.05) is 63.3 Å². The first kappa shape index (κ1) is 15.1. The molecule has 3 nitrogen and oxygen atoms in total. The molecule has 108 valence electrons. The molecule has 2 rings (SSSR count). The Bertz CT molecular complexity index is 529. The molecular weight excluding hydrogens is 266 g/mol. The molecule has 0 bridgehead atoms. The van der Waals surface area contributed by atoms with Crippen molar-refractivity contribution in [3.63, 3.8) is 0 Å². The van der Waals surface area contributed by atoms with E-state index in [9.17, 15) is 0 Å². The van der Waals surface area contributed by atoms with Gasteiger partial charge in [0, 0.05) is 24.6 Å². The van der Waals surface area contributed by atoms with Gasteiger partial charge in [0.15, 0.2) is 0 Å². The Morgan fingerprint density at radius 2 is 1.75 bits per heavy atom. The predicted molar refractivity (Wildman–Crippen MR) is 86.3 cm³/mol. The minimum absolute atomic E-state index is 0.519. The van der Waals surface area contributed by atoms with E-state index in [1.165, 1.54) is 5.56 Å². The summed E-state index contributed by atoms with van der Waals surface area (Å²) in [6, 6.07) is 9.17. The van der Waals surface area contributed by atoms with Crippen molar-refractivity contribution < 1.29 is 0 Å². The van der Waals surface area contributed by atoms with E-state index < -0.39 is 0 Å². The van der Waals surface area contributed by atoms with Crippen molar-refractivity contribution in [1.82, 2.24) is 15.5 Å². The molecule has 1 N–H and O–H groups in total. The fourth-order valence-corrected chi connectivity index (χ4v) is 2.79. The molecule has 2 aromatic rings. The Balaban J connectivity index is 2.01. The number of rotatable bonds is 6. The molecule has 0 aliphatic carbocycles. The van der Waals surface area contributed by atoms with Gasteiger partial charge in [-0.2, -0.15) is 0 Å². The normalized spacial score (nSPS) is 11.5. The number of hydrogen-bond donors (Lipinski definition) is 1. The molecule has 0 saturated heterocycles. The van der Waals surface area contributed by atoms with E-state index in [4.69, 9.17) is 0 Å². The van der Waals surface area contributed by atoms with E-state index in [1.54, 1.807) is 11.3 Å². The van der Waals surface area contributed by atoms with Gasteiger partial charge in [-0.15, -0.1) is 10.2 Å².